The third kappa shape index (κ3) is 8.95. The quantitative estimate of drug-likeness (QED) is 0.124. The first-order chi connectivity index (χ1) is 33.2. The van der Waals surface area contributed by atoms with Crippen molar-refractivity contribution in [3.63, 3.8) is 0 Å². The number of fused-ring (bicyclic) bond motifs is 3. The highest BCUT2D eigenvalue weighted by atomic mass is 15.1. The zero-order valence-electron chi connectivity index (χ0n) is 37.0. The van der Waals surface area contributed by atoms with Crippen LogP contribution in [0.4, 0.5) is 34.1 Å². The molecule has 0 radical (unpaired) electrons. The van der Waals surface area contributed by atoms with Crippen molar-refractivity contribution >= 4 is 80.2 Å². The van der Waals surface area contributed by atoms with Crippen molar-refractivity contribution in [2.75, 3.05) is 9.80 Å². The van der Waals surface area contributed by atoms with Crippen molar-refractivity contribution in [3.8, 4) is 22.3 Å². The molecule has 0 bridgehead atoms. The van der Waals surface area contributed by atoms with Crippen LogP contribution in [0.5, 0.6) is 0 Å². The van der Waals surface area contributed by atoms with E-state index in [1.165, 1.54) is 33.0 Å². The van der Waals surface area contributed by atoms with Crippen LogP contribution >= 0.6 is 0 Å². The van der Waals surface area contributed by atoms with Gasteiger partial charge in [-0.05, 0) is 142 Å². The van der Waals surface area contributed by atoms with Crippen molar-refractivity contribution in [2.45, 2.75) is 0 Å². The van der Waals surface area contributed by atoms with Crippen LogP contribution in [-0.4, -0.2) is 4.98 Å². The Balaban J connectivity index is 0.770. The van der Waals surface area contributed by atoms with Crippen LogP contribution in [-0.2, 0) is 0 Å². The van der Waals surface area contributed by atoms with E-state index in [1.54, 1.807) is 0 Å². The van der Waals surface area contributed by atoms with Gasteiger partial charge in [0.2, 0.25) is 0 Å². The van der Waals surface area contributed by atoms with Gasteiger partial charge in [0.25, 0.3) is 0 Å². The first-order valence-corrected chi connectivity index (χ1v) is 22.8. The van der Waals surface area contributed by atoms with Crippen LogP contribution in [0.3, 0.4) is 0 Å². The van der Waals surface area contributed by atoms with Crippen LogP contribution in [0.1, 0.15) is 22.3 Å². The maximum absolute atomic E-state index is 3.65. The van der Waals surface area contributed by atoms with E-state index < -0.39 is 0 Å². The zero-order valence-corrected chi connectivity index (χ0v) is 37.0. The van der Waals surface area contributed by atoms with Crippen molar-refractivity contribution in [1.82, 2.24) is 4.98 Å². The number of aromatic amines is 1. The Labute approximate surface area is 392 Å². The first kappa shape index (κ1) is 40.8. The lowest BCUT2D eigenvalue weighted by Crippen LogP contribution is -2.09. The van der Waals surface area contributed by atoms with Gasteiger partial charge in [0.1, 0.15) is 0 Å². The number of benzene rings is 10. The molecule has 3 nitrogen and oxygen atoms in total. The predicted molar refractivity (Wildman–Crippen MR) is 287 cm³/mol. The van der Waals surface area contributed by atoms with Gasteiger partial charge in [-0.3, -0.25) is 0 Å². The lowest BCUT2D eigenvalue weighted by atomic mass is 9.99. The Morgan fingerprint density at radius 3 is 0.791 bits per heavy atom. The molecule has 3 heteroatoms. The van der Waals surface area contributed by atoms with Gasteiger partial charge in [0.05, 0.1) is 0 Å². The summed E-state index contributed by atoms with van der Waals surface area (Å²) in [5, 5.41) is 2.45. The predicted octanol–water partition coefficient (Wildman–Crippen LogP) is 17.9. The molecule has 1 N–H and O–H groups in total. The van der Waals surface area contributed by atoms with Gasteiger partial charge in [-0.1, -0.05) is 182 Å². The molecule has 67 heavy (non-hydrogen) atoms. The average Bonchev–Trinajstić information content (AvgIpc) is 3.77. The Kier molecular flexibility index (Phi) is 11.4. The molecule has 1 heterocycles. The normalized spacial score (nSPS) is 11.5. The largest absolute Gasteiger partial charge is 0.355 e. The molecule has 0 unspecified atom stereocenters. The Morgan fingerprint density at radius 2 is 0.493 bits per heavy atom. The van der Waals surface area contributed by atoms with Gasteiger partial charge < -0.3 is 14.8 Å². The minimum atomic E-state index is 1.12. The molecular formula is C64H47N3. The van der Waals surface area contributed by atoms with Crippen LogP contribution in [0.25, 0.3) is 68.4 Å². The minimum Gasteiger partial charge on any atom is -0.355 e. The standard InChI is InChI=1S/C64H47N3/c1-5-13-55(14-6-1)66(56-15-7-2-8-16-56)59-39-29-49(30-40-59)23-21-47-25-33-51(34-26-47)53-37-43-63-61(45-53)62-46-54(38-44-64(62)65-63)52-35-27-48(28-36-52)22-24-50-31-41-60(42-32-50)67(57-17-9-3-10-18-57)58-19-11-4-12-20-58/h1-46,65H/b23-21+,24-22+. The molecule has 0 saturated carbocycles. The fourth-order valence-corrected chi connectivity index (χ4v) is 8.89. The van der Waals surface area contributed by atoms with E-state index in [0.29, 0.717) is 0 Å². The first-order valence-electron chi connectivity index (χ1n) is 22.8. The van der Waals surface area contributed by atoms with Crippen LogP contribution in [0.2, 0.25) is 0 Å². The molecule has 0 spiro atoms. The van der Waals surface area contributed by atoms with Crippen LogP contribution in [0.15, 0.2) is 255 Å². The monoisotopic (exact) mass is 857 g/mol. The summed E-state index contributed by atoms with van der Waals surface area (Å²) in [5.74, 6) is 0. The summed E-state index contributed by atoms with van der Waals surface area (Å²) in [5.41, 5.74) is 18.4. The number of hydrogen-bond acceptors (Lipinski definition) is 2. The minimum absolute atomic E-state index is 1.12. The van der Waals surface area contributed by atoms with E-state index in [9.17, 15) is 0 Å². The van der Waals surface area contributed by atoms with Crippen LogP contribution in [0, 0.1) is 0 Å². The second-order valence-corrected chi connectivity index (χ2v) is 16.8. The summed E-state index contributed by atoms with van der Waals surface area (Å²) in [7, 11) is 0. The maximum Gasteiger partial charge on any atom is 0.0465 e. The van der Waals surface area contributed by atoms with Crippen molar-refractivity contribution in [3.05, 3.63) is 277 Å². The molecular weight excluding hydrogens is 811 g/mol. The Hall–Kier alpha value is -8.92. The fourth-order valence-electron chi connectivity index (χ4n) is 8.89. The number of H-pyrrole nitrogens is 1. The van der Waals surface area contributed by atoms with E-state index >= 15 is 0 Å². The number of anilines is 6. The summed E-state index contributed by atoms with van der Waals surface area (Å²) < 4.78 is 0. The SMILES string of the molecule is C(=C\c1ccc(N(c2ccccc2)c2ccccc2)cc1)/c1ccc(-c2ccc3[nH]c4ccc(-c5ccc(/C=C/c6ccc(N(c7ccccc7)c7ccccc7)cc6)cc5)cc4c3c2)cc1. The lowest BCUT2D eigenvalue weighted by Gasteiger charge is -2.25. The van der Waals surface area contributed by atoms with Gasteiger partial charge >= 0.3 is 0 Å². The molecule has 1 aromatic heterocycles. The summed E-state index contributed by atoms with van der Waals surface area (Å²) in [6.07, 6.45) is 8.73. The Morgan fingerprint density at radius 1 is 0.239 bits per heavy atom. The molecule has 318 valence electrons. The van der Waals surface area contributed by atoms with Gasteiger partial charge in [-0.15, -0.1) is 0 Å². The maximum atomic E-state index is 3.65. The molecule has 0 aliphatic carbocycles. The number of hydrogen-bond donors (Lipinski definition) is 1. The van der Waals surface area contributed by atoms with Gasteiger partial charge in [0.15, 0.2) is 0 Å². The van der Waals surface area contributed by atoms with Crippen molar-refractivity contribution < 1.29 is 0 Å². The summed E-state index contributed by atoms with van der Waals surface area (Å²) in [4.78, 5) is 8.21. The molecule has 11 aromatic rings. The number of aromatic nitrogens is 1. The topological polar surface area (TPSA) is 22.3 Å². The summed E-state index contributed by atoms with van der Waals surface area (Å²) in [6, 6.07) is 90.7. The lowest BCUT2D eigenvalue weighted by molar-refractivity contribution is 1.28. The number of nitrogens with one attached hydrogen (secondary N) is 1. The zero-order chi connectivity index (χ0) is 44.8. The van der Waals surface area contributed by atoms with Gasteiger partial charge in [0, 0.05) is 55.9 Å². The number of nitrogens with zero attached hydrogens (tertiary/aromatic N) is 2. The van der Waals surface area contributed by atoms with E-state index in [1.807, 2.05) is 0 Å². The summed E-state index contributed by atoms with van der Waals surface area (Å²) in [6.45, 7) is 0. The van der Waals surface area contributed by atoms with E-state index in [-0.39, 0.29) is 0 Å². The molecule has 0 aliphatic heterocycles. The highest BCUT2D eigenvalue weighted by Crippen LogP contribution is 2.37. The third-order valence-corrected chi connectivity index (χ3v) is 12.4. The van der Waals surface area contributed by atoms with E-state index in [2.05, 4.69) is 294 Å². The molecule has 0 fully saturated rings. The van der Waals surface area contributed by atoms with Crippen LogP contribution < -0.4 is 9.80 Å². The fraction of sp³-hybridized carbons (Fsp3) is 0. The number of para-hydroxylation sites is 4. The smallest absolute Gasteiger partial charge is 0.0465 e. The number of rotatable bonds is 12. The van der Waals surface area contributed by atoms with Gasteiger partial charge in [-0.25, -0.2) is 0 Å². The van der Waals surface area contributed by atoms with Gasteiger partial charge in [-0.2, -0.15) is 0 Å². The van der Waals surface area contributed by atoms with Crippen molar-refractivity contribution in [1.29, 1.82) is 0 Å². The average molecular weight is 858 g/mol. The molecule has 0 atom stereocenters. The summed E-state index contributed by atoms with van der Waals surface area (Å²) >= 11 is 0. The second-order valence-electron chi connectivity index (χ2n) is 16.8. The highest BCUT2D eigenvalue weighted by molar-refractivity contribution is 6.09. The molecule has 0 saturated heterocycles. The highest BCUT2D eigenvalue weighted by Gasteiger charge is 2.14. The van der Waals surface area contributed by atoms with E-state index in [0.717, 1.165) is 67.4 Å². The van der Waals surface area contributed by atoms with Crippen molar-refractivity contribution in [2.24, 2.45) is 0 Å². The molecule has 0 aliphatic rings. The molecule has 11 rings (SSSR count). The second kappa shape index (κ2) is 18.7. The van der Waals surface area contributed by atoms with E-state index in [4.69, 9.17) is 0 Å². The molecule has 10 aromatic carbocycles. The molecule has 0 amide bonds. The third-order valence-electron chi connectivity index (χ3n) is 12.4. The Bertz CT molecular complexity index is 3130.